The van der Waals surface area contributed by atoms with E-state index in [1.807, 2.05) is 0 Å². The first kappa shape index (κ1) is 26.9. The quantitative estimate of drug-likeness (QED) is 0.331. The van der Waals surface area contributed by atoms with Crippen LogP contribution in [-0.4, -0.2) is 86.0 Å². The SMILES string of the molecule is Nc1nc2c(-c3nc4nc(OC[C@@]56CCCN5C[C@H](F)C6)nc(N5CC6CCC(C5)N6)c4c(=O)n3C3CC3)ccc(F)c2s1. The second-order valence-electron chi connectivity index (χ2n) is 13.1. The Bertz CT molecular complexity index is 1870. The number of ether oxygens (including phenoxy) is 1. The van der Waals surface area contributed by atoms with Crippen molar-refractivity contribution in [3.05, 3.63) is 28.3 Å². The summed E-state index contributed by atoms with van der Waals surface area (Å²) in [5.41, 5.74) is 6.53. The van der Waals surface area contributed by atoms with Crippen molar-refractivity contribution in [1.82, 2.24) is 34.7 Å². The van der Waals surface area contributed by atoms with E-state index >= 15 is 0 Å². The number of piperazine rings is 1. The first-order valence-electron chi connectivity index (χ1n) is 15.6. The zero-order chi connectivity index (χ0) is 29.7. The van der Waals surface area contributed by atoms with Crippen LogP contribution in [0.15, 0.2) is 16.9 Å². The first-order valence-corrected chi connectivity index (χ1v) is 16.4. The molecule has 4 aromatic rings. The van der Waals surface area contributed by atoms with E-state index in [1.165, 1.54) is 6.07 Å². The lowest BCUT2D eigenvalue weighted by Gasteiger charge is -2.34. The van der Waals surface area contributed by atoms with Gasteiger partial charge < -0.3 is 20.7 Å². The van der Waals surface area contributed by atoms with Crippen molar-refractivity contribution in [1.29, 1.82) is 0 Å². The molecule has 7 heterocycles. The highest BCUT2D eigenvalue weighted by Gasteiger charge is 2.49. The lowest BCUT2D eigenvalue weighted by Crippen LogP contribution is -2.51. The molecule has 3 N–H and O–H groups in total. The van der Waals surface area contributed by atoms with Crippen LogP contribution in [-0.2, 0) is 0 Å². The highest BCUT2D eigenvalue weighted by Crippen LogP contribution is 2.42. The molecular weight excluding hydrogens is 588 g/mol. The van der Waals surface area contributed by atoms with Crippen LogP contribution in [0.3, 0.4) is 0 Å². The average molecular weight is 622 g/mol. The number of hydrogen-bond donors (Lipinski definition) is 2. The topological polar surface area (TPSA) is 127 Å². The van der Waals surface area contributed by atoms with Crippen molar-refractivity contribution < 1.29 is 13.5 Å². The fourth-order valence-corrected chi connectivity index (χ4v) is 8.77. The van der Waals surface area contributed by atoms with Gasteiger partial charge in [-0.3, -0.25) is 14.3 Å². The summed E-state index contributed by atoms with van der Waals surface area (Å²) < 4.78 is 37.6. The molecule has 1 aliphatic carbocycles. The van der Waals surface area contributed by atoms with Gasteiger partial charge in [0.2, 0.25) is 0 Å². The number of benzene rings is 1. The summed E-state index contributed by atoms with van der Waals surface area (Å²) in [5.74, 6) is 0.489. The van der Waals surface area contributed by atoms with Crippen LogP contribution >= 0.6 is 11.3 Å². The second-order valence-corrected chi connectivity index (χ2v) is 14.1. The van der Waals surface area contributed by atoms with Crippen molar-refractivity contribution in [3.63, 3.8) is 0 Å². The Labute approximate surface area is 255 Å². The lowest BCUT2D eigenvalue weighted by molar-refractivity contribution is 0.107. The average Bonchev–Trinajstić information content (AvgIpc) is 3.33. The van der Waals surface area contributed by atoms with E-state index in [2.05, 4.69) is 20.1 Å². The summed E-state index contributed by atoms with van der Waals surface area (Å²) in [7, 11) is 0. The van der Waals surface area contributed by atoms with E-state index in [9.17, 15) is 13.6 Å². The van der Waals surface area contributed by atoms with Gasteiger partial charge in [-0.25, -0.2) is 18.7 Å². The number of nitrogens with two attached hydrogens (primary N) is 1. The fraction of sp³-hybridized carbons (Fsp3) is 0.567. The predicted molar refractivity (Wildman–Crippen MR) is 164 cm³/mol. The van der Waals surface area contributed by atoms with E-state index in [1.54, 1.807) is 10.6 Å². The number of nitrogens with one attached hydrogen (secondary N) is 1. The van der Waals surface area contributed by atoms with Gasteiger partial charge in [-0.05, 0) is 57.2 Å². The summed E-state index contributed by atoms with van der Waals surface area (Å²) in [6.45, 7) is 2.98. The van der Waals surface area contributed by atoms with E-state index in [-0.39, 0.29) is 40.5 Å². The van der Waals surface area contributed by atoms with Crippen molar-refractivity contribution in [2.24, 2.45) is 0 Å². The smallest absolute Gasteiger partial charge is 0.320 e. The van der Waals surface area contributed by atoms with Crippen molar-refractivity contribution in [2.45, 2.75) is 74.8 Å². The highest BCUT2D eigenvalue weighted by molar-refractivity contribution is 7.22. The standard InChI is InChI=1S/C30H33F2N9O2S/c31-15-10-30(8-1-9-40(30)11-15)14-43-29-37-24-21(26(38-29)39-12-16-2-3-17(13-39)34-16)27(42)41(18-4-5-18)25(36-24)19-6-7-20(32)23-22(19)35-28(33)44-23/h6-7,15-18,34H,1-5,8-14H2,(H2,33,35)/t15-,16?,17?,30+/m1/s1. The third-order valence-electron chi connectivity index (χ3n) is 10.1. The largest absolute Gasteiger partial charge is 0.461 e. The molecular formula is C30H33F2N9O2S. The van der Waals surface area contributed by atoms with E-state index in [0.29, 0.717) is 70.9 Å². The van der Waals surface area contributed by atoms with Gasteiger partial charge in [-0.15, -0.1) is 0 Å². The van der Waals surface area contributed by atoms with Crippen LogP contribution in [0.1, 0.15) is 51.0 Å². The molecule has 44 heavy (non-hydrogen) atoms. The Morgan fingerprint density at radius 3 is 2.70 bits per heavy atom. The molecule has 11 nitrogen and oxygen atoms in total. The van der Waals surface area contributed by atoms with Crippen LogP contribution < -0.4 is 26.2 Å². The molecule has 4 saturated heterocycles. The van der Waals surface area contributed by atoms with Crippen LogP contribution in [0.2, 0.25) is 0 Å². The number of anilines is 2. The number of halogens is 2. The molecule has 3 aromatic heterocycles. The molecule has 14 heteroatoms. The minimum Gasteiger partial charge on any atom is -0.461 e. The maximum absolute atomic E-state index is 14.8. The molecule has 1 aromatic carbocycles. The predicted octanol–water partition coefficient (Wildman–Crippen LogP) is 3.42. The van der Waals surface area contributed by atoms with Crippen molar-refractivity contribution in [2.75, 3.05) is 43.4 Å². The van der Waals surface area contributed by atoms with Gasteiger partial charge in [0.1, 0.15) is 29.8 Å². The summed E-state index contributed by atoms with van der Waals surface area (Å²) in [5, 5.41) is 4.25. The molecule has 4 aliphatic heterocycles. The molecule has 9 rings (SSSR count). The lowest BCUT2D eigenvalue weighted by atomic mass is 9.95. The third-order valence-corrected chi connectivity index (χ3v) is 11.0. The number of aromatic nitrogens is 5. The monoisotopic (exact) mass is 621 g/mol. The zero-order valence-electron chi connectivity index (χ0n) is 24.1. The number of nitrogen functional groups attached to an aromatic ring is 1. The molecule has 2 bridgehead atoms. The number of rotatable bonds is 6. The van der Waals surface area contributed by atoms with Crippen LogP contribution in [0.4, 0.5) is 19.7 Å². The molecule has 5 aliphatic rings. The Hall–Kier alpha value is -3.49. The Balaban J connectivity index is 1.22. The number of fused-ring (bicyclic) bond motifs is 5. The molecule has 0 spiro atoms. The normalized spacial score (nSPS) is 28.4. The second kappa shape index (κ2) is 9.75. The maximum Gasteiger partial charge on any atom is 0.320 e. The van der Waals surface area contributed by atoms with E-state index in [4.69, 9.17) is 25.4 Å². The molecule has 0 amide bonds. The maximum atomic E-state index is 14.8. The van der Waals surface area contributed by atoms with Gasteiger partial charge in [0.25, 0.3) is 5.56 Å². The highest BCUT2D eigenvalue weighted by atomic mass is 32.1. The minimum absolute atomic E-state index is 0.0306. The summed E-state index contributed by atoms with van der Waals surface area (Å²) in [6.07, 6.45) is 5.24. The Kier molecular flexibility index (Phi) is 5.96. The van der Waals surface area contributed by atoms with Gasteiger partial charge in [-0.2, -0.15) is 9.97 Å². The molecule has 2 unspecified atom stereocenters. The number of hydrogen-bond acceptors (Lipinski definition) is 11. The summed E-state index contributed by atoms with van der Waals surface area (Å²) in [4.78, 5) is 37.9. The fourth-order valence-electron chi connectivity index (χ4n) is 8.01. The van der Waals surface area contributed by atoms with Crippen molar-refractivity contribution >= 4 is 43.5 Å². The third kappa shape index (κ3) is 4.21. The summed E-state index contributed by atoms with van der Waals surface area (Å²) >= 11 is 1.07. The number of alkyl halides is 1. The molecule has 230 valence electrons. The van der Waals surface area contributed by atoms with Gasteiger partial charge in [0.15, 0.2) is 16.6 Å². The number of thiazole rings is 1. The molecule has 5 fully saturated rings. The van der Waals surface area contributed by atoms with E-state index in [0.717, 1.165) is 56.4 Å². The van der Waals surface area contributed by atoms with Crippen LogP contribution in [0.25, 0.3) is 32.6 Å². The van der Waals surface area contributed by atoms with Gasteiger partial charge in [0.05, 0.1) is 15.8 Å². The molecule has 4 atom stereocenters. The van der Waals surface area contributed by atoms with Gasteiger partial charge in [-0.1, -0.05) is 11.3 Å². The van der Waals surface area contributed by atoms with Gasteiger partial charge in [0, 0.05) is 49.7 Å². The zero-order valence-corrected chi connectivity index (χ0v) is 25.0. The molecule has 1 saturated carbocycles. The number of nitrogens with zero attached hydrogens (tertiary/aromatic N) is 7. The first-order chi connectivity index (χ1) is 21.3. The molecule has 0 radical (unpaired) electrons. The minimum atomic E-state index is -0.874. The van der Waals surface area contributed by atoms with Crippen LogP contribution in [0.5, 0.6) is 6.01 Å². The van der Waals surface area contributed by atoms with Crippen LogP contribution in [0, 0.1) is 5.82 Å². The Morgan fingerprint density at radius 2 is 1.91 bits per heavy atom. The Morgan fingerprint density at radius 1 is 1.09 bits per heavy atom. The van der Waals surface area contributed by atoms with E-state index < -0.39 is 12.0 Å². The van der Waals surface area contributed by atoms with Crippen molar-refractivity contribution in [3.8, 4) is 17.4 Å². The summed E-state index contributed by atoms with van der Waals surface area (Å²) in [6, 6.07) is 3.70. The van der Waals surface area contributed by atoms with Gasteiger partial charge >= 0.3 is 6.01 Å².